The lowest BCUT2D eigenvalue weighted by Crippen LogP contribution is -2.19. The lowest BCUT2D eigenvalue weighted by atomic mass is 10.1. The van der Waals surface area contributed by atoms with Crippen molar-refractivity contribution in [3.05, 3.63) is 89.3 Å². The van der Waals surface area contributed by atoms with E-state index in [0.717, 1.165) is 22.8 Å². The minimum atomic E-state index is -3.65. The van der Waals surface area contributed by atoms with Crippen LogP contribution < -0.4 is 16.4 Å². The fraction of sp³-hybridized carbons (Fsp3) is 0.136. The molecule has 0 aliphatic carbocycles. The van der Waals surface area contributed by atoms with Crippen molar-refractivity contribution < 1.29 is 13.2 Å². The summed E-state index contributed by atoms with van der Waals surface area (Å²) < 4.78 is 40.0. The minimum Gasteiger partial charge on any atom is -0.384 e. The van der Waals surface area contributed by atoms with E-state index in [2.05, 4.69) is 22.2 Å². The molecular weight excluding hydrogens is 413 g/mol. The Hall–Kier alpha value is -3.19. The van der Waals surface area contributed by atoms with E-state index in [1.165, 1.54) is 12.1 Å². The van der Waals surface area contributed by atoms with Gasteiger partial charge >= 0.3 is 5.92 Å². The van der Waals surface area contributed by atoms with Gasteiger partial charge in [-0.3, -0.25) is 0 Å². The van der Waals surface area contributed by atoms with Crippen LogP contribution in [0, 0.1) is 0 Å². The molecule has 0 spiro atoms. The second-order valence-electron chi connectivity index (χ2n) is 6.66. The normalized spacial score (nSPS) is 11.2. The maximum Gasteiger partial charge on any atom is 0.302 e. The number of hydrogen-bond acceptors (Lipinski definition) is 4. The number of halogens is 4. The van der Waals surface area contributed by atoms with E-state index in [0.29, 0.717) is 23.9 Å². The standard InChI is InChI=1S/C22H20ClF3N4/c1-14(30-18-7-8-20(23)19(10-18)22(25,26)13-24)28-11-15-2-4-16(5-3-15)17-6-9-21(27)29-12-17/h2-10,12,28,30H,1,11,13H2,(H2,27,29). The van der Waals surface area contributed by atoms with E-state index in [4.69, 9.17) is 17.3 Å². The number of rotatable bonds is 8. The molecule has 8 heteroatoms. The first-order valence-corrected chi connectivity index (χ1v) is 9.41. The molecule has 0 amide bonds. The third-order valence-corrected chi connectivity index (χ3v) is 4.73. The molecule has 30 heavy (non-hydrogen) atoms. The fourth-order valence-electron chi connectivity index (χ4n) is 2.77. The van der Waals surface area contributed by atoms with E-state index >= 15 is 0 Å². The van der Waals surface area contributed by atoms with Crippen molar-refractivity contribution in [2.45, 2.75) is 12.5 Å². The van der Waals surface area contributed by atoms with Gasteiger partial charge in [0.25, 0.3) is 0 Å². The van der Waals surface area contributed by atoms with Crippen LogP contribution in [0.25, 0.3) is 11.1 Å². The number of nitrogen functional groups attached to an aromatic ring is 1. The van der Waals surface area contributed by atoms with Gasteiger partial charge < -0.3 is 16.4 Å². The van der Waals surface area contributed by atoms with Crippen molar-refractivity contribution in [2.24, 2.45) is 0 Å². The van der Waals surface area contributed by atoms with Crippen LogP contribution in [0.15, 0.2) is 73.2 Å². The van der Waals surface area contributed by atoms with Gasteiger partial charge in [-0.1, -0.05) is 42.4 Å². The Bertz CT molecular complexity index is 1020. The van der Waals surface area contributed by atoms with Gasteiger partial charge in [0.1, 0.15) is 5.82 Å². The number of alkyl halides is 3. The molecule has 2 aromatic carbocycles. The second kappa shape index (κ2) is 9.09. The molecule has 0 atom stereocenters. The first-order valence-electron chi connectivity index (χ1n) is 9.03. The van der Waals surface area contributed by atoms with Gasteiger partial charge in [0.15, 0.2) is 6.67 Å². The Morgan fingerprint density at radius 3 is 2.40 bits per heavy atom. The van der Waals surface area contributed by atoms with E-state index in [-0.39, 0.29) is 5.02 Å². The van der Waals surface area contributed by atoms with Crippen LogP contribution in [-0.2, 0) is 12.5 Å². The zero-order chi connectivity index (χ0) is 21.7. The van der Waals surface area contributed by atoms with E-state index in [1.807, 2.05) is 30.3 Å². The summed E-state index contributed by atoms with van der Waals surface area (Å²) in [4.78, 5) is 4.08. The molecule has 0 saturated heterocycles. The number of aromatic nitrogens is 1. The van der Waals surface area contributed by atoms with Crippen LogP contribution in [-0.4, -0.2) is 11.7 Å². The summed E-state index contributed by atoms with van der Waals surface area (Å²) in [6.07, 6.45) is 1.71. The zero-order valence-electron chi connectivity index (χ0n) is 15.9. The quantitative estimate of drug-likeness (QED) is 0.426. The molecule has 1 aromatic heterocycles. The van der Waals surface area contributed by atoms with Gasteiger partial charge in [0.05, 0.1) is 5.82 Å². The lowest BCUT2D eigenvalue weighted by molar-refractivity contribution is -0.0279. The smallest absolute Gasteiger partial charge is 0.302 e. The first-order chi connectivity index (χ1) is 14.3. The molecule has 0 unspecified atom stereocenters. The Balaban J connectivity index is 1.60. The van der Waals surface area contributed by atoms with Crippen LogP contribution in [0.5, 0.6) is 0 Å². The Kier molecular flexibility index (Phi) is 6.52. The molecule has 0 radical (unpaired) electrons. The molecule has 0 aliphatic heterocycles. The van der Waals surface area contributed by atoms with Crippen molar-refractivity contribution in [1.82, 2.24) is 10.3 Å². The van der Waals surface area contributed by atoms with E-state index in [1.54, 1.807) is 12.3 Å². The number of pyridine rings is 1. The Morgan fingerprint density at radius 1 is 1.07 bits per heavy atom. The molecule has 156 valence electrons. The van der Waals surface area contributed by atoms with Crippen molar-refractivity contribution in [3.63, 3.8) is 0 Å². The number of anilines is 2. The molecule has 0 saturated carbocycles. The van der Waals surface area contributed by atoms with E-state index in [9.17, 15) is 13.2 Å². The van der Waals surface area contributed by atoms with Crippen LogP contribution in [0.2, 0.25) is 5.02 Å². The van der Waals surface area contributed by atoms with Gasteiger partial charge in [0.2, 0.25) is 0 Å². The SMILES string of the molecule is C=C(NCc1ccc(-c2ccc(N)nc2)cc1)Nc1ccc(Cl)c(C(F)(F)CF)c1. The molecule has 3 aromatic rings. The summed E-state index contributed by atoms with van der Waals surface area (Å²) in [5.74, 6) is -2.78. The molecule has 0 aliphatic rings. The predicted octanol–water partition coefficient (Wildman–Crippen LogP) is 5.72. The molecule has 4 nitrogen and oxygen atoms in total. The first kappa shape index (κ1) is 21.5. The number of nitrogens with two attached hydrogens (primary N) is 1. The second-order valence-corrected chi connectivity index (χ2v) is 7.07. The third-order valence-electron chi connectivity index (χ3n) is 4.40. The van der Waals surface area contributed by atoms with Crippen LogP contribution in [0.3, 0.4) is 0 Å². The van der Waals surface area contributed by atoms with Gasteiger partial charge in [-0.2, -0.15) is 8.78 Å². The van der Waals surface area contributed by atoms with Gasteiger partial charge in [-0.05, 0) is 41.5 Å². The highest BCUT2D eigenvalue weighted by atomic mass is 35.5. The largest absolute Gasteiger partial charge is 0.384 e. The van der Waals surface area contributed by atoms with Gasteiger partial charge in [0, 0.05) is 34.6 Å². The van der Waals surface area contributed by atoms with Crippen LogP contribution in [0.4, 0.5) is 24.7 Å². The third kappa shape index (κ3) is 5.24. The van der Waals surface area contributed by atoms with Crippen molar-refractivity contribution >= 4 is 23.1 Å². The molecule has 1 heterocycles. The van der Waals surface area contributed by atoms with E-state index < -0.39 is 18.2 Å². The summed E-state index contributed by atoms with van der Waals surface area (Å²) in [5.41, 5.74) is 8.31. The maximum atomic E-state index is 13.7. The molecular formula is C22H20ClF3N4. The van der Waals surface area contributed by atoms with Crippen molar-refractivity contribution in [2.75, 3.05) is 17.7 Å². The molecule has 0 bridgehead atoms. The summed E-state index contributed by atoms with van der Waals surface area (Å²) in [6, 6.07) is 15.4. The monoisotopic (exact) mass is 432 g/mol. The number of hydrogen-bond donors (Lipinski definition) is 3. The average Bonchev–Trinajstić information content (AvgIpc) is 2.74. The van der Waals surface area contributed by atoms with Crippen LogP contribution >= 0.6 is 11.6 Å². The van der Waals surface area contributed by atoms with Crippen molar-refractivity contribution in [1.29, 1.82) is 0 Å². The maximum absolute atomic E-state index is 13.7. The Morgan fingerprint density at radius 2 is 1.77 bits per heavy atom. The highest BCUT2D eigenvalue weighted by Gasteiger charge is 2.34. The summed E-state index contributed by atoms with van der Waals surface area (Å²) in [5, 5.41) is 5.75. The molecule has 4 N–H and O–H groups in total. The number of nitrogens with one attached hydrogen (secondary N) is 2. The topological polar surface area (TPSA) is 63.0 Å². The summed E-state index contributed by atoms with van der Waals surface area (Å²) >= 11 is 5.78. The lowest BCUT2D eigenvalue weighted by Gasteiger charge is -2.17. The number of benzene rings is 2. The highest BCUT2D eigenvalue weighted by Crippen LogP contribution is 2.35. The predicted molar refractivity (Wildman–Crippen MR) is 115 cm³/mol. The number of nitrogens with zero attached hydrogens (tertiary/aromatic N) is 1. The van der Waals surface area contributed by atoms with Crippen LogP contribution in [0.1, 0.15) is 11.1 Å². The van der Waals surface area contributed by atoms with Gasteiger partial charge in [-0.25, -0.2) is 9.37 Å². The summed E-state index contributed by atoms with van der Waals surface area (Å²) in [7, 11) is 0. The molecule has 0 fully saturated rings. The fourth-order valence-corrected chi connectivity index (χ4v) is 3.03. The van der Waals surface area contributed by atoms with Gasteiger partial charge in [-0.15, -0.1) is 0 Å². The Labute approximate surface area is 177 Å². The average molecular weight is 433 g/mol. The van der Waals surface area contributed by atoms with Crippen molar-refractivity contribution in [3.8, 4) is 11.1 Å². The summed E-state index contributed by atoms with van der Waals surface area (Å²) in [6.45, 7) is 2.48. The zero-order valence-corrected chi connectivity index (χ0v) is 16.7. The minimum absolute atomic E-state index is 0.196. The highest BCUT2D eigenvalue weighted by molar-refractivity contribution is 6.31. The molecule has 3 rings (SSSR count).